The van der Waals surface area contributed by atoms with Gasteiger partial charge in [0.15, 0.2) is 0 Å². The van der Waals surface area contributed by atoms with Crippen LogP contribution in [0.3, 0.4) is 0 Å². The fraction of sp³-hybridized carbons (Fsp3) is 0.333. The van der Waals surface area contributed by atoms with E-state index in [4.69, 9.17) is 27.9 Å². The molecule has 0 aromatic heterocycles. The quantitative estimate of drug-likeness (QED) is 0.308. The molecule has 0 aliphatic carbocycles. The van der Waals surface area contributed by atoms with E-state index in [9.17, 15) is 18.0 Å². The van der Waals surface area contributed by atoms with Gasteiger partial charge in [0.2, 0.25) is 11.8 Å². The van der Waals surface area contributed by atoms with Crippen LogP contribution in [-0.4, -0.2) is 50.4 Å². The van der Waals surface area contributed by atoms with Gasteiger partial charge in [-0.1, -0.05) is 53.0 Å². The molecule has 1 atom stereocenters. The molecular weight excluding hydrogens is 585 g/mol. The fourth-order valence-electron chi connectivity index (χ4n) is 4.10. The lowest BCUT2D eigenvalue weighted by atomic mass is 10.1. The highest BCUT2D eigenvalue weighted by Crippen LogP contribution is 2.35. The van der Waals surface area contributed by atoms with E-state index in [2.05, 4.69) is 5.32 Å². The molecular formula is C30H35Cl2N3O5S. The van der Waals surface area contributed by atoms with Crippen molar-refractivity contribution in [3.8, 4) is 5.75 Å². The van der Waals surface area contributed by atoms with Crippen LogP contribution < -0.4 is 14.4 Å². The molecule has 0 aliphatic heterocycles. The lowest BCUT2D eigenvalue weighted by molar-refractivity contribution is -0.140. The zero-order valence-electron chi connectivity index (χ0n) is 23.9. The number of ether oxygens (including phenoxy) is 1. The van der Waals surface area contributed by atoms with Gasteiger partial charge in [0, 0.05) is 22.1 Å². The summed E-state index contributed by atoms with van der Waals surface area (Å²) >= 11 is 12.5. The summed E-state index contributed by atoms with van der Waals surface area (Å²) in [5, 5.41) is 3.62. The first-order valence-corrected chi connectivity index (χ1v) is 15.1. The van der Waals surface area contributed by atoms with Crippen molar-refractivity contribution >= 4 is 50.7 Å². The Morgan fingerprint density at radius 3 is 2.20 bits per heavy atom. The molecule has 0 saturated heterocycles. The van der Waals surface area contributed by atoms with Crippen LogP contribution in [0.15, 0.2) is 71.6 Å². The Morgan fingerprint density at radius 1 is 0.976 bits per heavy atom. The second-order valence-electron chi connectivity index (χ2n) is 10.7. The summed E-state index contributed by atoms with van der Waals surface area (Å²) in [6.07, 6.45) is 0. The van der Waals surface area contributed by atoms with E-state index < -0.39 is 34.1 Å². The van der Waals surface area contributed by atoms with Gasteiger partial charge in [0.05, 0.1) is 17.7 Å². The van der Waals surface area contributed by atoms with Gasteiger partial charge < -0.3 is 15.0 Å². The average molecular weight is 621 g/mol. The van der Waals surface area contributed by atoms with Gasteiger partial charge in [-0.05, 0) is 82.6 Å². The number of hydrogen-bond acceptors (Lipinski definition) is 5. The second kappa shape index (κ2) is 13.1. The van der Waals surface area contributed by atoms with Crippen molar-refractivity contribution in [3.63, 3.8) is 0 Å². The predicted octanol–water partition coefficient (Wildman–Crippen LogP) is 5.84. The average Bonchev–Trinajstić information content (AvgIpc) is 2.89. The van der Waals surface area contributed by atoms with Crippen molar-refractivity contribution in [2.24, 2.45) is 0 Å². The predicted molar refractivity (Wildman–Crippen MR) is 163 cm³/mol. The van der Waals surface area contributed by atoms with Crippen LogP contribution in [0.25, 0.3) is 0 Å². The lowest BCUT2D eigenvalue weighted by Crippen LogP contribution is -2.54. The highest BCUT2D eigenvalue weighted by atomic mass is 35.5. The van der Waals surface area contributed by atoms with Crippen molar-refractivity contribution < 1.29 is 22.7 Å². The number of methoxy groups -OCH3 is 1. The molecule has 11 heteroatoms. The van der Waals surface area contributed by atoms with Crippen LogP contribution in [0, 0.1) is 6.92 Å². The zero-order valence-corrected chi connectivity index (χ0v) is 26.3. The Bertz CT molecular complexity index is 1510. The lowest BCUT2D eigenvalue weighted by Gasteiger charge is -2.33. The molecule has 3 aromatic carbocycles. The Kier molecular flexibility index (Phi) is 10.3. The number of benzene rings is 3. The molecule has 3 aromatic rings. The second-order valence-corrected chi connectivity index (χ2v) is 13.4. The van der Waals surface area contributed by atoms with Gasteiger partial charge >= 0.3 is 0 Å². The number of carbonyl (C=O) groups is 2. The van der Waals surface area contributed by atoms with Crippen LogP contribution in [0.5, 0.6) is 5.75 Å². The highest BCUT2D eigenvalue weighted by Gasteiger charge is 2.34. The summed E-state index contributed by atoms with van der Waals surface area (Å²) < 4.78 is 34.5. The number of anilines is 1. The molecule has 0 bridgehead atoms. The van der Waals surface area contributed by atoms with Gasteiger partial charge in [-0.15, -0.1) is 0 Å². The number of nitrogens with one attached hydrogen (secondary N) is 1. The maximum absolute atomic E-state index is 14.1. The summed E-state index contributed by atoms with van der Waals surface area (Å²) in [5.74, 6) is -0.793. The molecule has 0 spiro atoms. The number of nitrogens with zero attached hydrogens (tertiary/aromatic N) is 2. The van der Waals surface area contributed by atoms with Crippen molar-refractivity contribution in [2.75, 3.05) is 18.0 Å². The first kappa shape index (κ1) is 32.2. The molecule has 0 fully saturated rings. The maximum Gasteiger partial charge on any atom is 0.264 e. The van der Waals surface area contributed by atoms with E-state index in [0.29, 0.717) is 10.6 Å². The van der Waals surface area contributed by atoms with E-state index in [-0.39, 0.29) is 33.8 Å². The van der Waals surface area contributed by atoms with Crippen LogP contribution in [0.2, 0.25) is 10.0 Å². The monoisotopic (exact) mass is 619 g/mol. The van der Waals surface area contributed by atoms with E-state index in [1.807, 2.05) is 27.7 Å². The molecule has 0 saturated carbocycles. The summed E-state index contributed by atoms with van der Waals surface area (Å²) in [4.78, 5) is 28.6. The Morgan fingerprint density at radius 2 is 1.61 bits per heavy atom. The van der Waals surface area contributed by atoms with E-state index >= 15 is 0 Å². The first-order valence-electron chi connectivity index (χ1n) is 12.9. The van der Waals surface area contributed by atoms with Gasteiger partial charge in [-0.2, -0.15) is 0 Å². The van der Waals surface area contributed by atoms with Gasteiger partial charge in [0.1, 0.15) is 18.3 Å². The van der Waals surface area contributed by atoms with Crippen molar-refractivity contribution in [1.82, 2.24) is 10.2 Å². The Hall–Kier alpha value is -3.27. The SMILES string of the molecule is COc1ccc(Cl)cc1N(CC(=O)N(Cc1cccc(Cl)c1)[C@H](C)C(=O)NC(C)(C)C)S(=O)(=O)c1ccc(C)cc1. The summed E-state index contributed by atoms with van der Waals surface area (Å²) in [5.41, 5.74) is 1.08. The van der Waals surface area contributed by atoms with Crippen LogP contribution in [0.1, 0.15) is 38.8 Å². The molecule has 220 valence electrons. The molecule has 0 aliphatic rings. The molecule has 8 nitrogen and oxygen atoms in total. The minimum absolute atomic E-state index is 0.0159. The third-order valence-electron chi connectivity index (χ3n) is 6.20. The minimum Gasteiger partial charge on any atom is -0.495 e. The summed E-state index contributed by atoms with van der Waals surface area (Å²) in [6.45, 7) is 8.34. The van der Waals surface area contributed by atoms with E-state index in [1.165, 1.54) is 36.3 Å². The third-order valence-corrected chi connectivity index (χ3v) is 8.45. The van der Waals surface area contributed by atoms with Gasteiger partial charge in [0.25, 0.3) is 10.0 Å². The molecule has 3 rings (SSSR count). The number of aryl methyl sites for hydroxylation is 1. The van der Waals surface area contributed by atoms with E-state index in [0.717, 1.165) is 9.87 Å². The van der Waals surface area contributed by atoms with Crippen molar-refractivity contribution in [1.29, 1.82) is 0 Å². The van der Waals surface area contributed by atoms with Crippen molar-refractivity contribution in [2.45, 2.75) is 57.6 Å². The fourth-order valence-corrected chi connectivity index (χ4v) is 5.89. The zero-order chi connectivity index (χ0) is 30.5. The first-order chi connectivity index (χ1) is 19.1. The molecule has 0 radical (unpaired) electrons. The Labute approximate surface area is 252 Å². The van der Waals surface area contributed by atoms with Crippen LogP contribution in [-0.2, 0) is 26.2 Å². The molecule has 41 heavy (non-hydrogen) atoms. The topological polar surface area (TPSA) is 96.0 Å². The largest absolute Gasteiger partial charge is 0.495 e. The van der Waals surface area contributed by atoms with Crippen LogP contribution in [0.4, 0.5) is 5.69 Å². The molecule has 0 unspecified atom stereocenters. The van der Waals surface area contributed by atoms with Gasteiger partial charge in [-0.3, -0.25) is 13.9 Å². The molecule has 0 heterocycles. The van der Waals surface area contributed by atoms with Gasteiger partial charge in [-0.25, -0.2) is 8.42 Å². The maximum atomic E-state index is 14.1. The standard InChI is InChI=1S/C30H35Cl2N3O5S/c1-20-10-13-25(14-11-20)41(38,39)35(26-17-24(32)12-15-27(26)40-6)19-28(36)34(18-22-8-7-9-23(31)16-22)21(2)29(37)33-30(3,4)5/h7-17,21H,18-19H2,1-6H3,(H,33,37)/t21-/m1/s1. The minimum atomic E-state index is -4.28. The smallest absolute Gasteiger partial charge is 0.264 e. The number of rotatable bonds is 10. The number of carbonyl (C=O) groups excluding carboxylic acids is 2. The molecule has 1 N–H and O–H groups in total. The summed E-state index contributed by atoms with van der Waals surface area (Å²) in [6, 6.07) is 16.8. The number of halogens is 2. The van der Waals surface area contributed by atoms with E-state index in [1.54, 1.807) is 49.4 Å². The summed E-state index contributed by atoms with van der Waals surface area (Å²) in [7, 11) is -2.88. The normalized spacial score (nSPS) is 12.4. The highest BCUT2D eigenvalue weighted by molar-refractivity contribution is 7.92. The number of sulfonamides is 1. The van der Waals surface area contributed by atoms with Crippen molar-refractivity contribution in [3.05, 3.63) is 87.9 Å². The number of amides is 2. The number of hydrogen-bond donors (Lipinski definition) is 1. The van der Waals surface area contributed by atoms with Crippen LogP contribution >= 0.6 is 23.2 Å². The Balaban J connectivity index is 2.11. The third kappa shape index (κ3) is 8.38. The molecule has 2 amide bonds.